The van der Waals surface area contributed by atoms with Crippen LogP contribution < -0.4 is 0 Å². The third-order valence-electron chi connectivity index (χ3n) is 2.80. The predicted molar refractivity (Wildman–Crippen MR) is 67.7 cm³/mol. The summed E-state index contributed by atoms with van der Waals surface area (Å²) in [5.74, 6) is 0. The number of piperidine rings is 1. The number of benzene rings is 1. The fourth-order valence-corrected chi connectivity index (χ4v) is 3.46. The van der Waals surface area contributed by atoms with E-state index >= 15 is 0 Å². The number of hydrogen-bond acceptors (Lipinski definition) is 2. The molecule has 0 atom stereocenters. The summed E-state index contributed by atoms with van der Waals surface area (Å²) in [5.41, 5.74) is -0.720. The first-order valence-corrected chi connectivity index (χ1v) is 6.92. The van der Waals surface area contributed by atoms with Crippen LogP contribution >= 0.6 is 23.5 Å². The lowest BCUT2D eigenvalue weighted by Crippen LogP contribution is -2.23. The largest absolute Gasteiger partial charge is 0.418 e. The molecule has 6 heteroatoms. The molecule has 1 aromatic carbocycles. The molecule has 18 heavy (non-hydrogen) atoms. The Morgan fingerprint density at radius 1 is 1.11 bits per heavy atom. The minimum absolute atomic E-state index is 0.192. The van der Waals surface area contributed by atoms with Crippen LogP contribution in [0.4, 0.5) is 13.2 Å². The second-order valence-electron chi connectivity index (χ2n) is 4.19. The zero-order valence-electron chi connectivity index (χ0n) is 9.63. The van der Waals surface area contributed by atoms with Crippen molar-refractivity contribution < 1.29 is 13.2 Å². The summed E-state index contributed by atoms with van der Waals surface area (Å²) in [6.45, 7) is 1.66. The minimum Gasteiger partial charge on any atom is -0.246 e. The van der Waals surface area contributed by atoms with Gasteiger partial charge < -0.3 is 0 Å². The number of alkyl halides is 3. The van der Waals surface area contributed by atoms with E-state index in [9.17, 15) is 13.2 Å². The highest BCUT2D eigenvalue weighted by Gasteiger charge is 2.36. The maximum Gasteiger partial charge on any atom is 0.418 e. The Morgan fingerprint density at radius 2 is 1.78 bits per heavy atom. The average Bonchev–Trinajstić information content (AvgIpc) is 2.28. The number of hydrogen-bond donors (Lipinski definition) is 0. The van der Waals surface area contributed by atoms with E-state index in [0.717, 1.165) is 44.3 Å². The molecule has 0 unspecified atom stereocenters. The highest BCUT2D eigenvalue weighted by molar-refractivity contribution is 7.97. The molecule has 1 aliphatic rings. The van der Waals surface area contributed by atoms with E-state index in [4.69, 9.17) is 11.6 Å². The van der Waals surface area contributed by atoms with Crippen molar-refractivity contribution in [3.8, 4) is 0 Å². The predicted octanol–water partition coefficient (Wildman–Crippen LogP) is 4.85. The molecule has 0 amide bonds. The van der Waals surface area contributed by atoms with Crippen molar-refractivity contribution in [1.29, 1.82) is 0 Å². The van der Waals surface area contributed by atoms with E-state index in [1.807, 2.05) is 4.31 Å². The van der Waals surface area contributed by atoms with E-state index in [1.54, 1.807) is 6.07 Å². The van der Waals surface area contributed by atoms with Crippen molar-refractivity contribution in [2.24, 2.45) is 0 Å². The second kappa shape index (κ2) is 5.72. The van der Waals surface area contributed by atoms with Gasteiger partial charge in [0.2, 0.25) is 0 Å². The van der Waals surface area contributed by atoms with Gasteiger partial charge in [-0.05, 0) is 36.9 Å². The van der Waals surface area contributed by atoms with Crippen LogP contribution in [0.5, 0.6) is 0 Å². The summed E-state index contributed by atoms with van der Waals surface area (Å²) >= 11 is 6.84. The Morgan fingerprint density at radius 3 is 2.39 bits per heavy atom. The lowest BCUT2D eigenvalue weighted by atomic mass is 10.2. The first kappa shape index (κ1) is 14.0. The molecule has 100 valence electrons. The second-order valence-corrected chi connectivity index (χ2v) is 5.74. The van der Waals surface area contributed by atoms with E-state index in [1.165, 1.54) is 12.1 Å². The summed E-state index contributed by atoms with van der Waals surface area (Å²) < 4.78 is 40.8. The fraction of sp³-hybridized carbons (Fsp3) is 0.500. The summed E-state index contributed by atoms with van der Waals surface area (Å²) in [6.07, 6.45) is -1.18. The smallest absolute Gasteiger partial charge is 0.246 e. The number of nitrogens with zero attached hydrogens (tertiary/aromatic N) is 1. The van der Waals surface area contributed by atoms with Crippen LogP contribution in [0, 0.1) is 0 Å². The molecule has 0 N–H and O–H groups in total. The minimum atomic E-state index is -4.41. The number of rotatable bonds is 2. The summed E-state index contributed by atoms with van der Waals surface area (Å²) in [7, 11) is 0. The molecular weight excluding hydrogens is 283 g/mol. The van der Waals surface area contributed by atoms with Gasteiger partial charge in [-0.3, -0.25) is 0 Å². The van der Waals surface area contributed by atoms with Crippen molar-refractivity contribution in [2.75, 3.05) is 13.1 Å². The Bertz CT molecular complexity index is 416. The molecule has 0 saturated carbocycles. The van der Waals surface area contributed by atoms with Crippen LogP contribution in [0.25, 0.3) is 0 Å². The van der Waals surface area contributed by atoms with Crippen LogP contribution in [0.3, 0.4) is 0 Å². The first-order valence-electron chi connectivity index (χ1n) is 5.77. The van der Waals surface area contributed by atoms with Gasteiger partial charge in [0, 0.05) is 18.0 Å². The maximum atomic E-state index is 12.9. The summed E-state index contributed by atoms with van der Waals surface area (Å²) in [5, 5.41) is -0.232. The molecule has 1 saturated heterocycles. The summed E-state index contributed by atoms with van der Waals surface area (Å²) in [4.78, 5) is 0.192. The van der Waals surface area contributed by atoms with Crippen molar-refractivity contribution in [3.63, 3.8) is 0 Å². The molecule has 0 bridgehead atoms. The number of halogens is 4. The average molecular weight is 296 g/mol. The Labute approximate surface area is 113 Å². The highest BCUT2D eigenvalue weighted by Crippen LogP contribution is 2.42. The monoisotopic (exact) mass is 295 g/mol. The molecule has 1 nitrogen and oxygen atoms in total. The fourth-order valence-electron chi connectivity index (χ4n) is 1.95. The Hall–Kier alpha value is -0.390. The van der Waals surface area contributed by atoms with Crippen LogP contribution in [0.15, 0.2) is 23.1 Å². The quantitative estimate of drug-likeness (QED) is 0.717. The Balaban J connectivity index is 2.24. The van der Waals surface area contributed by atoms with Crippen LogP contribution in [0.1, 0.15) is 24.8 Å². The van der Waals surface area contributed by atoms with Gasteiger partial charge in [-0.1, -0.05) is 24.1 Å². The zero-order chi connectivity index (χ0) is 13.2. The molecule has 2 rings (SSSR count). The third kappa shape index (κ3) is 3.33. The maximum absolute atomic E-state index is 12.9. The van der Waals surface area contributed by atoms with E-state index in [0.29, 0.717) is 0 Å². The van der Waals surface area contributed by atoms with E-state index in [-0.39, 0.29) is 9.92 Å². The van der Waals surface area contributed by atoms with Crippen LogP contribution in [-0.2, 0) is 6.18 Å². The topological polar surface area (TPSA) is 3.24 Å². The van der Waals surface area contributed by atoms with Gasteiger partial charge in [0.25, 0.3) is 0 Å². The lowest BCUT2D eigenvalue weighted by Gasteiger charge is -2.26. The summed E-state index contributed by atoms with van der Waals surface area (Å²) in [6, 6.07) is 4.32. The van der Waals surface area contributed by atoms with Gasteiger partial charge in [-0.15, -0.1) is 0 Å². The van der Waals surface area contributed by atoms with Gasteiger partial charge in [0.05, 0.1) is 10.6 Å². The van der Waals surface area contributed by atoms with Gasteiger partial charge >= 0.3 is 6.18 Å². The lowest BCUT2D eigenvalue weighted by molar-refractivity contribution is -0.139. The van der Waals surface area contributed by atoms with E-state index < -0.39 is 11.7 Å². The SMILES string of the molecule is FC(F)(F)c1c(Cl)cccc1SN1CCCCC1. The van der Waals surface area contributed by atoms with Crippen LogP contribution in [-0.4, -0.2) is 17.4 Å². The highest BCUT2D eigenvalue weighted by atomic mass is 35.5. The normalized spacial score (nSPS) is 18.0. The van der Waals surface area contributed by atoms with Crippen LogP contribution in [0.2, 0.25) is 5.02 Å². The molecule has 1 aromatic rings. The third-order valence-corrected chi connectivity index (χ3v) is 4.28. The Kier molecular flexibility index (Phi) is 4.45. The molecule has 0 aromatic heterocycles. The molecule has 0 radical (unpaired) electrons. The standard InChI is InChI=1S/C12H13ClF3NS/c13-9-5-4-6-10(11(9)12(14,15)16)18-17-7-2-1-3-8-17/h4-6H,1-3,7-8H2. The molecule has 1 fully saturated rings. The van der Waals surface area contributed by atoms with Crippen molar-refractivity contribution in [3.05, 3.63) is 28.8 Å². The van der Waals surface area contributed by atoms with Gasteiger partial charge in [0.15, 0.2) is 0 Å². The first-order chi connectivity index (χ1) is 8.48. The van der Waals surface area contributed by atoms with Gasteiger partial charge in [-0.2, -0.15) is 13.2 Å². The van der Waals surface area contributed by atoms with E-state index in [2.05, 4.69) is 0 Å². The molecule has 1 aliphatic heterocycles. The van der Waals surface area contributed by atoms with Crippen molar-refractivity contribution >= 4 is 23.5 Å². The molecule has 1 heterocycles. The van der Waals surface area contributed by atoms with Gasteiger partial charge in [-0.25, -0.2) is 4.31 Å². The molecular formula is C12H13ClF3NS. The van der Waals surface area contributed by atoms with Gasteiger partial charge in [0.1, 0.15) is 0 Å². The zero-order valence-corrected chi connectivity index (χ0v) is 11.2. The van der Waals surface area contributed by atoms with Crippen molar-refractivity contribution in [1.82, 2.24) is 4.31 Å². The molecule has 0 aliphatic carbocycles. The molecule has 0 spiro atoms. The van der Waals surface area contributed by atoms with Crippen molar-refractivity contribution in [2.45, 2.75) is 30.3 Å².